The molecule has 114 valence electrons. The van der Waals surface area contributed by atoms with E-state index in [0.717, 1.165) is 36.6 Å². The minimum atomic E-state index is 0.694. The second-order valence-electron chi connectivity index (χ2n) is 4.92. The number of nitrogens with one attached hydrogen (secondary N) is 1. The van der Waals surface area contributed by atoms with E-state index in [9.17, 15) is 0 Å². The molecule has 0 saturated heterocycles. The number of aryl methyl sites for hydroxylation is 2. The van der Waals surface area contributed by atoms with Crippen molar-refractivity contribution in [2.24, 2.45) is 7.05 Å². The molecule has 5 nitrogen and oxygen atoms in total. The minimum absolute atomic E-state index is 0.694. The van der Waals surface area contributed by atoms with Gasteiger partial charge >= 0.3 is 0 Å². The molecule has 0 atom stereocenters. The number of hydrogen-bond acceptors (Lipinski definition) is 4. The monoisotopic (exact) mass is 289 g/mol. The zero-order valence-corrected chi connectivity index (χ0v) is 13.1. The first kappa shape index (κ1) is 15.4. The minimum Gasteiger partial charge on any atom is -0.493 e. The largest absolute Gasteiger partial charge is 0.493 e. The van der Waals surface area contributed by atoms with E-state index < -0.39 is 0 Å². The van der Waals surface area contributed by atoms with Crippen molar-refractivity contribution in [1.29, 1.82) is 0 Å². The highest BCUT2D eigenvalue weighted by atomic mass is 16.5. The molecule has 1 aromatic carbocycles. The molecule has 0 spiro atoms. The lowest BCUT2D eigenvalue weighted by molar-refractivity contribution is 0.363. The molecule has 0 bridgehead atoms. The van der Waals surface area contributed by atoms with Gasteiger partial charge in [0.2, 0.25) is 5.88 Å². The van der Waals surface area contributed by atoms with E-state index in [0.29, 0.717) is 11.5 Å². The summed E-state index contributed by atoms with van der Waals surface area (Å²) in [6, 6.07) is 7.62. The van der Waals surface area contributed by atoms with Gasteiger partial charge in [-0.2, -0.15) is 5.10 Å². The van der Waals surface area contributed by atoms with Crippen LogP contribution in [0.25, 0.3) is 0 Å². The molecular formula is C16H23N3O2. The fraction of sp³-hybridized carbons (Fsp3) is 0.438. The summed E-state index contributed by atoms with van der Waals surface area (Å²) in [4.78, 5) is 0. The van der Waals surface area contributed by atoms with E-state index in [2.05, 4.69) is 17.3 Å². The summed E-state index contributed by atoms with van der Waals surface area (Å²) in [5.41, 5.74) is 2.06. The first-order chi connectivity index (χ1) is 10.2. The summed E-state index contributed by atoms with van der Waals surface area (Å²) < 4.78 is 13.2. The van der Waals surface area contributed by atoms with E-state index in [-0.39, 0.29) is 0 Å². The Kier molecular flexibility index (Phi) is 5.22. The number of rotatable bonds is 7. The van der Waals surface area contributed by atoms with E-state index in [1.807, 2.05) is 38.2 Å². The van der Waals surface area contributed by atoms with Gasteiger partial charge in [-0.25, -0.2) is 4.68 Å². The maximum Gasteiger partial charge on any atom is 0.222 e. The van der Waals surface area contributed by atoms with Crippen LogP contribution in [0.1, 0.15) is 24.6 Å². The van der Waals surface area contributed by atoms with E-state index in [1.54, 1.807) is 11.8 Å². The standard InChI is InChI=1S/C16H23N3O2/c1-5-10-17-11-13-12(2)18-19(3)16(13)21-15-9-7-6-8-14(15)20-4/h6-9,17H,5,10-11H2,1-4H3. The van der Waals surface area contributed by atoms with Gasteiger partial charge < -0.3 is 14.8 Å². The Hall–Kier alpha value is -2.01. The normalized spacial score (nSPS) is 10.7. The second-order valence-corrected chi connectivity index (χ2v) is 4.92. The lowest BCUT2D eigenvalue weighted by Crippen LogP contribution is -2.14. The number of aromatic nitrogens is 2. The predicted molar refractivity (Wildman–Crippen MR) is 83.0 cm³/mol. The Morgan fingerprint density at radius 3 is 2.62 bits per heavy atom. The van der Waals surface area contributed by atoms with Gasteiger partial charge in [0.1, 0.15) is 0 Å². The highest BCUT2D eigenvalue weighted by Crippen LogP contribution is 2.33. The van der Waals surface area contributed by atoms with Crippen LogP contribution in [0.2, 0.25) is 0 Å². The molecule has 0 aliphatic rings. The molecule has 0 saturated carbocycles. The van der Waals surface area contributed by atoms with Crippen molar-refractivity contribution in [1.82, 2.24) is 15.1 Å². The molecule has 0 amide bonds. The van der Waals surface area contributed by atoms with E-state index >= 15 is 0 Å². The molecule has 5 heteroatoms. The van der Waals surface area contributed by atoms with Crippen molar-refractivity contribution >= 4 is 0 Å². The van der Waals surface area contributed by atoms with Crippen LogP contribution in [0, 0.1) is 6.92 Å². The Bertz CT molecular complexity index is 593. The van der Waals surface area contributed by atoms with Crippen molar-refractivity contribution in [3.8, 4) is 17.4 Å². The van der Waals surface area contributed by atoms with Gasteiger partial charge in [-0.15, -0.1) is 0 Å². The smallest absolute Gasteiger partial charge is 0.222 e. The van der Waals surface area contributed by atoms with Gasteiger partial charge in [0, 0.05) is 13.6 Å². The number of para-hydroxylation sites is 2. The van der Waals surface area contributed by atoms with Crippen molar-refractivity contribution in [2.75, 3.05) is 13.7 Å². The third-order valence-corrected chi connectivity index (χ3v) is 3.29. The number of benzene rings is 1. The maximum atomic E-state index is 6.05. The quantitative estimate of drug-likeness (QED) is 0.796. The molecule has 21 heavy (non-hydrogen) atoms. The maximum absolute atomic E-state index is 6.05. The Labute approximate surface area is 125 Å². The van der Waals surface area contributed by atoms with Gasteiger partial charge in [0.05, 0.1) is 18.4 Å². The molecule has 2 aromatic rings. The topological polar surface area (TPSA) is 48.3 Å². The molecule has 0 aliphatic carbocycles. The van der Waals surface area contributed by atoms with Crippen molar-refractivity contribution in [3.63, 3.8) is 0 Å². The molecule has 1 heterocycles. The molecule has 2 rings (SSSR count). The third-order valence-electron chi connectivity index (χ3n) is 3.29. The third kappa shape index (κ3) is 3.55. The van der Waals surface area contributed by atoms with Crippen LogP contribution < -0.4 is 14.8 Å². The molecule has 0 unspecified atom stereocenters. The average molecular weight is 289 g/mol. The molecule has 0 aliphatic heterocycles. The SMILES string of the molecule is CCCNCc1c(C)nn(C)c1Oc1ccccc1OC. The summed E-state index contributed by atoms with van der Waals surface area (Å²) in [6.07, 6.45) is 1.10. The summed E-state index contributed by atoms with van der Waals surface area (Å²) in [7, 11) is 3.53. The van der Waals surface area contributed by atoms with Crippen molar-refractivity contribution in [3.05, 3.63) is 35.5 Å². The Morgan fingerprint density at radius 2 is 1.95 bits per heavy atom. The second kappa shape index (κ2) is 7.13. The molecule has 0 fully saturated rings. The molecule has 0 radical (unpaired) electrons. The number of hydrogen-bond donors (Lipinski definition) is 1. The fourth-order valence-electron chi connectivity index (χ4n) is 2.21. The van der Waals surface area contributed by atoms with Gasteiger partial charge in [0.25, 0.3) is 0 Å². The summed E-state index contributed by atoms with van der Waals surface area (Å²) in [5, 5.41) is 7.85. The predicted octanol–water partition coefficient (Wildman–Crippen LogP) is 3.03. The Morgan fingerprint density at radius 1 is 1.24 bits per heavy atom. The van der Waals surface area contributed by atoms with Gasteiger partial charge in [0.15, 0.2) is 11.5 Å². The number of nitrogens with zero attached hydrogens (tertiary/aromatic N) is 2. The van der Waals surface area contributed by atoms with E-state index in [4.69, 9.17) is 9.47 Å². The van der Waals surface area contributed by atoms with E-state index in [1.165, 1.54) is 0 Å². The van der Waals surface area contributed by atoms with Gasteiger partial charge in [-0.1, -0.05) is 19.1 Å². The lowest BCUT2D eigenvalue weighted by atomic mass is 10.2. The highest BCUT2D eigenvalue weighted by Gasteiger charge is 2.16. The fourth-order valence-corrected chi connectivity index (χ4v) is 2.21. The summed E-state index contributed by atoms with van der Waals surface area (Å²) in [5.74, 6) is 2.16. The lowest BCUT2D eigenvalue weighted by Gasteiger charge is -2.12. The molecular weight excluding hydrogens is 266 g/mol. The van der Waals surface area contributed by atoms with Crippen LogP contribution >= 0.6 is 0 Å². The van der Waals surface area contributed by atoms with Crippen LogP contribution in [-0.2, 0) is 13.6 Å². The van der Waals surface area contributed by atoms with Crippen LogP contribution in [0.3, 0.4) is 0 Å². The van der Waals surface area contributed by atoms with Crippen LogP contribution in [0.4, 0.5) is 0 Å². The Balaban J connectivity index is 2.26. The first-order valence-corrected chi connectivity index (χ1v) is 7.21. The number of methoxy groups -OCH3 is 1. The summed E-state index contributed by atoms with van der Waals surface area (Å²) in [6.45, 7) is 5.87. The molecule has 1 N–H and O–H groups in total. The highest BCUT2D eigenvalue weighted by molar-refractivity contribution is 5.43. The average Bonchev–Trinajstić information content (AvgIpc) is 2.75. The van der Waals surface area contributed by atoms with Crippen LogP contribution in [0.15, 0.2) is 24.3 Å². The van der Waals surface area contributed by atoms with Crippen molar-refractivity contribution < 1.29 is 9.47 Å². The van der Waals surface area contributed by atoms with Gasteiger partial charge in [-0.3, -0.25) is 0 Å². The first-order valence-electron chi connectivity index (χ1n) is 7.21. The van der Waals surface area contributed by atoms with Gasteiger partial charge in [-0.05, 0) is 32.0 Å². The molecule has 1 aromatic heterocycles. The summed E-state index contributed by atoms with van der Waals surface area (Å²) >= 11 is 0. The number of ether oxygens (including phenoxy) is 2. The zero-order chi connectivity index (χ0) is 15.2. The zero-order valence-electron chi connectivity index (χ0n) is 13.1. The van der Waals surface area contributed by atoms with Crippen LogP contribution in [-0.4, -0.2) is 23.4 Å². The van der Waals surface area contributed by atoms with Crippen molar-refractivity contribution in [2.45, 2.75) is 26.8 Å². The van der Waals surface area contributed by atoms with Crippen LogP contribution in [0.5, 0.6) is 17.4 Å².